The molecule has 0 aliphatic heterocycles. The van der Waals surface area contributed by atoms with E-state index in [1.807, 2.05) is 37.3 Å². The fraction of sp³-hybridized carbons (Fsp3) is 0.269. The lowest BCUT2D eigenvalue weighted by Crippen LogP contribution is -1.96. The largest absolute Gasteiger partial charge is 0.465 e. The van der Waals surface area contributed by atoms with E-state index in [2.05, 4.69) is 42.9 Å². The minimum Gasteiger partial charge on any atom is -0.465 e. The van der Waals surface area contributed by atoms with Crippen molar-refractivity contribution in [2.45, 2.75) is 40.5 Å². The van der Waals surface area contributed by atoms with Crippen LogP contribution in [-0.4, -0.2) is 16.4 Å². The quantitative estimate of drug-likeness (QED) is 0.143. The molecule has 2 aromatic rings. The molecule has 0 bridgehead atoms. The standard InChI is InChI=1S/C26H33N5O2/c1-6-9-20(19(5)32-14-13-18(4)8-3)15-21(10-7-2)25-30-31-26(33-25)29-23-11-12-24(28)22(16-23)17-27/h7,9-18,27H,5-6,8,28H2,1-4H3,(H,29,31)/b10-7-,14-13-,20-9-,21-15+,27-17?. The second-order valence-corrected chi connectivity index (χ2v) is 7.45. The van der Waals surface area contributed by atoms with Crippen molar-refractivity contribution in [2.24, 2.45) is 5.92 Å². The molecule has 1 aromatic carbocycles. The lowest BCUT2D eigenvalue weighted by atomic mass is 10.1. The fourth-order valence-electron chi connectivity index (χ4n) is 2.75. The van der Waals surface area contributed by atoms with Gasteiger partial charge in [0.15, 0.2) is 0 Å². The summed E-state index contributed by atoms with van der Waals surface area (Å²) in [5, 5.41) is 18.8. The van der Waals surface area contributed by atoms with Crippen LogP contribution in [-0.2, 0) is 4.74 Å². The number of nitrogens with two attached hydrogens (primary N) is 1. The Balaban J connectivity index is 2.26. The van der Waals surface area contributed by atoms with E-state index in [4.69, 9.17) is 20.3 Å². The molecule has 0 saturated heterocycles. The molecule has 0 amide bonds. The van der Waals surface area contributed by atoms with Gasteiger partial charge in [-0.2, -0.15) is 0 Å². The third-order valence-corrected chi connectivity index (χ3v) is 4.83. The zero-order chi connectivity index (χ0) is 24.2. The van der Waals surface area contributed by atoms with Crippen LogP contribution >= 0.6 is 0 Å². The van der Waals surface area contributed by atoms with Crippen LogP contribution < -0.4 is 11.1 Å². The molecule has 0 fully saturated rings. The molecule has 2 rings (SSSR count). The van der Waals surface area contributed by atoms with Gasteiger partial charge in [-0.3, -0.25) is 0 Å². The number of benzene rings is 1. The summed E-state index contributed by atoms with van der Waals surface area (Å²) in [5.41, 5.74) is 9.22. The highest BCUT2D eigenvalue weighted by molar-refractivity contribution is 5.87. The Morgan fingerprint density at radius 2 is 2.12 bits per heavy atom. The van der Waals surface area contributed by atoms with Crippen LogP contribution in [0.5, 0.6) is 0 Å². The van der Waals surface area contributed by atoms with E-state index in [0.29, 0.717) is 34.5 Å². The number of rotatable bonds is 12. The normalized spacial score (nSPS) is 13.5. The topological polar surface area (TPSA) is 110 Å². The number of hydrogen-bond donors (Lipinski definition) is 3. The molecule has 1 heterocycles. The van der Waals surface area contributed by atoms with Crippen molar-refractivity contribution in [1.29, 1.82) is 5.41 Å². The molecule has 0 aliphatic rings. The number of nitrogens with one attached hydrogen (secondary N) is 2. The first-order chi connectivity index (χ1) is 15.9. The van der Waals surface area contributed by atoms with E-state index in [9.17, 15) is 0 Å². The van der Waals surface area contributed by atoms with Gasteiger partial charge in [0.2, 0.25) is 5.89 Å². The number of anilines is 3. The first-order valence-corrected chi connectivity index (χ1v) is 11.0. The summed E-state index contributed by atoms with van der Waals surface area (Å²) >= 11 is 0. The Kier molecular flexibility index (Phi) is 9.89. The van der Waals surface area contributed by atoms with Crippen LogP contribution in [0.1, 0.15) is 52.0 Å². The highest BCUT2D eigenvalue weighted by atomic mass is 16.5. The Morgan fingerprint density at radius 3 is 2.79 bits per heavy atom. The molecule has 33 heavy (non-hydrogen) atoms. The smallest absolute Gasteiger partial charge is 0.320 e. The maximum absolute atomic E-state index is 7.45. The van der Waals surface area contributed by atoms with Gasteiger partial charge in [0.1, 0.15) is 5.76 Å². The van der Waals surface area contributed by atoms with Crippen molar-refractivity contribution in [2.75, 3.05) is 11.1 Å². The third-order valence-electron chi connectivity index (χ3n) is 4.83. The lowest BCUT2D eigenvalue weighted by Gasteiger charge is -2.08. The summed E-state index contributed by atoms with van der Waals surface area (Å²) < 4.78 is 11.6. The van der Waals surface area contributed by atoms with E-state index in [1.165, 1.54) is 6.21 Å². The van der Waals surface area contributed by atoms with Gasteiger partial charge < -0.3 is 25.6 Å². The molecule has 0 aliphatic carbocycles. The molecule has 4 N–H and O–H groups in total. The number of nitrogens with zero attached hydrogens (tertiary/aromatic N) is 2. The molecule has 0 saturated carbocycles. The first-order valence-electron chi connectivity index (χ1n) is 11.0. The van der Waals surface area contributed by atoms with Crippen LogP contribution in [0.25, 0.3) is 5.57 Å². The van der Waals surface area contributed by atoms with Crippen molar-refractivity contribution in [1.82, 2.24) is 10.2 Å². The van der Waals surface area contributed by atoms with E-state index in [0.717, 1.165) is 24.0 Å². The molecule has 7 nitrogen and oxygen atoms in total. The fourth-order valence-corrected chi connectivity index (χ4v) is 2.75. The molecular weight excluding hydrogens is 414 g/mol. The van der Waals surface area contributed by atoms with Gasteiger partial charge in [-0.25, -0.2) is 0 Å². The van der Waals surface area contributed by atoms with E-state index in [1.54, 1.807) is 24.5 Å². The van der Waals surface area contributed by atoms with E-state index >= 15 is 0 Å². The average molecular weight is 448 g/mol. The summed E-state index contributed by atoms with van der Waals surface area (Å²) in [6.07, 6.45) is 14.5. The molecular formula is C26H33N5O2. The van der Waals surface area contributed by atoms with Crippen molar-refractivity contribution < 1.29 is 9.15 Å². The minimum atomic E-state index is 0.230. The SMILES string of the molecule is C=C(O/C=C\C(C)CC)C(=C\CC)/C=C(\C=C/C)c1nnc(Nc2ccc(N)c(C=N)c2)o1. The molecule has 0 spiro atoms. The lowest BCUT2D eigenvalue weighted by molar-refractivity contribution is 0.361. The van der Waals surface area contributed by atoms with E-state index in [-0.39, 0.29) is 6.01 Å². The highest BCUT2D eigenvalue weighted by Crippen LogP contribution is 2.25. The average Bonchev–Trinajstić information content (AvgIpc) is 3.27. The molecule has 7 heteroatoms. The predicted octanol–water partition coefficient (Wildman–Crippen LogP) is 6.78. The van der Waals surface area contributed by atoms with Crippen LogP contribution in [0.4, 0.5) is 17.4 Å². The van der Waals surface area contributed by atoms with E-state index < -0.39 is 0 Å². The number of hydrogen-bond acceptors (Lipinski definition) is 7. The number of nitrogen functional groups attached to an aromatic ring is 1. The highest BCUT2D eigenvalue weighted by Gasteiger charge is 2.12. The van der Waals surface area contributed by atoms with Gasteiger partial charge in [-0.1, -0.05) is 50.7 Å². The summed E-state index contributed by atoms with van der Waals surface area (Å²) in [6.45, 7) is 12.3. The van der Waals surface area contributed by atoms with Gasteiger partial charge in [0, 0.05) is 34.3 Å². The summed E-state index contributed by atoms with van der Waals surface area (Å²) in [6, 6.07) is 5.47. The van der Waals surface area contributed by atoms with Crippen LogP contribution in [0.2, 0.25) is 0 Å². The number of ether oxygens (including phenoxy) is 1. The first kappa shape index (κ1) is 25.4. The maximum Gasteiger partial charge on any atom is 0.320 e. The van der Waals surface area contributed by atoms with Gasteiger partial charge >= 0.3 is 6.01 Å². The number of allylic oxidation sites excluding steroid dienone is 6. The van der Waals surface area contributed by atoms with Gasteiger partial charge in [0.25, 0.3) is 0 Å². The molecule has 0 radical (unpaired) electrons. The Morgan fingerprint density at radius 1 is 1.33 bits per heavy atom. The minimum absolute atomic E-state index is 0.230. The van der Waals surface area contributed by atoms with Crippen LogP contribution in [0, 0.1) is 11.3 Å². The zero-order valence-electron chi connectivity index (χ0n) is 19.8. The van der Waals surface area contributed by atoms with Crippen molar-refractivity contribution >= 4 is 29.2 Å². The summed E-state index contributed by atoms with van der Waals surface area (Å²) in [7, 11) is 0. The van der Waals surface area contributed by atoms with Crippen molar-refractivity contribution in [3.05, 3.63) is 84.2 Å². The Labute approximate surface area is 196 Å². The third kappa shape index (κ3) is 7.64. The van der Waals surface area contributed by atoms with Gasteiger partial charge in [-0.05, 0) is 56.0 Å². The Bertz CT molecular complexity index is 1080. The second-order valence-electron chi connectivity index (χ2n) is 7.45. The van der Waals surface area contributed by atoms with Crippen LogP contribution in [0.15, 0.2) is 77.2 Å². The predicted molar refractivity (Wildman–Crippen MR) is 136 cm³/mol. The molecule has 1 atom stereocenters. The Hall–Kier alpha value is -3.87. The number of aromatic nitrogens is 2. The molecule has 1 aromatic heterocycles. The zero-order valence-corrected chi connectivity index (χ0v) is 19.8. The summed E-state index contributed by atoms with van der Waals surface area (Å²) in [5.74, 6) is 1.33. The van der Waals surface area contributed by atoms with Crippen LogP contribution in [0.3, 0.4) is 0 Å². The maximum atomic E-state index is 7.45. The van der Waals surface area contributed by atoms with Gasteiger partial charge in [0.05, 0.1) is 6.26 Å². The summed E-state index contributed by atoms with van der Waals surface area (Å²) in [4.78, 5) is 0. The monoisotopic (exact) mass is 447 g/mol. The molecule has 1 unspecified atom stereocenters. The van der Waals surface area contributed by atoms with Crippen molar-refractivity contribution in [3.8, 4) is 0 Å². The van der Waals surface area contributed by atoms with Crippen molar-refractivity contribution in [3.63, 3.8) is 0 Å². The van der Waals surface area contributed by atoms with Gasteiger partial charge in [-0.15, -0.1) is 5.10 Å². The molecule has 174 valence electrons. The second kappa shape index (κ2) is 12.9.